The zero-order chi connectivity index (χ0) is 18.6. The molecule has 0 bridgehead atoms. The van der Waals surface area contributed by atoms with Crippen LogP contribution in [0.5, 0.6) is 0 Å². The molecule has 0 spiro atoms. The van der Waals surface area contributed by atoms with Crippen molar-refractivity contribution in [1.82, 2.24) is 0 Å². The number of hydrogen-bond acceptors (Lipinski definition) is 3. The van der Waals surface area contributed by atoms with Gasteiger partial charge < -0.3 is 4.42 Å². The van der Waals surface area contributed by atoms with Gasteiger partial charge >= 0.3 is 0 Å². The van der Waals surface area contributed by atoms with Crippen LogP contribution in [0.1, 0.15) is 25.4 Å². The number of furan rings is 1. The zero-order valence-corrected chi connectivity index (χ0v) is 15.4. The molecule has 0 aliphatic carbocycles. The minimum Gasteiger partial charge on any atom is -0.452 e. The van der Waals surface area contributed by atoms with Crippen LogP contribution in [-0.2, 0) is 0 Å². The van der Waals surface area contributed by atoms with Crippen LogP contribution in [0.15, 0.2) is 99.3 Å². The van der Waals surface area contributed by atoms with Crippen molar-refractivity contribution in [2.24, 2.45) is 9.98 Å². The van der Waals surface area contributed by atoms with Crippen LogP contribution < -0.4 is 0 Å². The zero-order valence-electron chi connectivity index (χ0n) is 15.4. The van der Waals surface area contributed by atoms with E-state index in [1.807, 2.05) is 86.6 Å². The van der Waals surface area contributed by atoms with Crippen molar-refractivity contribution < 1.29 is 4.42 Å². The Kier molecular flexibility index (Phi) is 4.67. The number of para-hydroxylation sites is 2. The first-order valence-electron chi connectivity index (χ1n) is 8.95. The van der Waals surface area contributed by atoms with Crippen molar-refractivity contribution in [2.75, 3.05) is 0 Å². The maximum Gasteiger partial charge on any atom is 0.156 e. The Bertz CT molecular complexity index is 1030. The maximum absolute atomic E-state index is 6.27. The van der Waals surface area contributed by atoms with Crippen molar-refractivity contribution in [3.8, 4) is 0 Å². The number of aliphatic imine (C=N–C) groups is 2. The number of fused-ring (bicyclic) bond motifs is 1. The van der Waals surface area contributed by atoms with Crippen LogP contribution >= 0.6 is 0 Å². The second-order valence-corrected chi connectivity index (χ2v) is 6.37. The summed E-state index contributed by atoms with van der Waals surface area (Å²) in [5, 5.41) is 2.10. The lowest BCUT2D eigenvalue weighted by atomic mass is 10.1. The molecule has 0 aliphatic rings. The summed E-state index contributed by atoms with van der Waals surface area (Å²) >= 11 is 0. The Labute approximate surface area is 158 Å². The molecule has 4 aromatic rings. The lowest BCUT2D eigenvalue weighted by Gasteiger charge is -1.99. The number of rotatable bonds is 4. The summed E-state index contributed by atoms with van der Waals surface area (Å²) in [5.74, 6) is 1.57. The molecule has 3 nitrogen and oxygen atoms in total. The Morgan fingerprint density at radius 1 is 0.556 bits per heavy atom. The largest absolute Gasteiger partial charge is 0.452 e. The summed E-state index contributed by atoms with van der Waals surface area (Å²) in [5.41, 5.74) is 3.51. The van der Waals surface area contributed by atoms with Gasteiger partial charge in [-0.05, 0) is 38.1 Å². The van der Waals surface area contributed by atoms with Gasteiger partial charge in [-0.1, -0.05) is 60.7 Å². The van der Waals surface area contributed by atoms with Gasteiger partial charge in [-0.3, -0.25) is 0 Å². The van der Waals surface area contributed by atoms with Gasteiger partial charge in [0.2, 0.25) is 0 Å². The van der Waals surface area contributed by atoms with Gasteiger partial charge in [0.25, 0.3) is 0 Å². The molecule has 3 heteroatoms. The molecule has 0 amide bonds. The fourth-order valence-corrected chi connectivity index (χ4v) is 3.12. The van der Waals surface area contributed by atoms with Crippen molar-refractivity contribution >= 4 is 33.6 Å². The van der Waals surface area contributed by atoms with Crippen LogP contribution in [0, 0.1) is 0 Å². The highest BCUT2D eigenvalue weighted by Crippen LogP contribution is 2.29. The van der Waals surface area contributed by atoms with E-state index in [1.165, 1.54) is 0 Å². The molecule has 1 heterocycles. The first kappa shape index (κ1) is 17.0. The average molecular weight is 352 g/mol. The third-order valence-corrected chi connectivity index (χ3v) is 4.38. The topological polar surface area (TPSA) is 37.9 Å². The summed E-state index contributed by atoms with van der Waals surface area (Å²) in [6.45, 7) is 3.96. The van der Waals surface area contributed by atoms with E-state index < -0.39 is 0 Å². The highest BCUT2D eigenvalue weighted by Gasteiger charge is 2.17. The third-order valence-electron chi connectivity index (χ3n) is 4.38. The molecule has 0 saturated heterocycles. The first-order valence-corrected chi connectivity index (χ1v) is 8.95. The van der Waals surface area contributed by atoms with E-state index in [0.29, 0.717) is 0 Å². The van der Waals surface area contributed by atoms with Gasteiger partial charge in [-0.2, -0.15) is 0 Å². The predicted molar refractivity (Wildman–Crippen MR) is 113 cm³/mol. The van der Waals surface area contributed by atoms with E-state index in [9.17, 15) is 0 Å². The molecule has 0 saturated carbocycles. The van der Waals surface area contributed by atoms with Gasteiger partial charge in [-0.15, -0.1) is 0 Å². The summed E-state index contributed by atoms with van der Waals surface area (Å²) in [7, 11) is 0. The van der Waals surface area contributed by atoms with E-state index in [2.05, 4.69) is 12.1 Å². The third kappa shape index (κ3) is 3.58. The fraction of sp³-hybridized carbons (Fsp3) is 0.0833. The van der Waals surface area contributed by atoms with Crippen molar-refractivity contribution in [2.45, 2.75) is 13.8 Å². The summed E-state index contributed by atoms with van der Waals surface area (Å²) in [6.07, 6.45) is 0. The normalized spacial score (nSPS) is 12.5. The number of nitrogens with zero attached hydrogens (tertiary/aromatic N) is 2. The molecule has 132 valence electrons. The quantitative estimate of drug-likeness (QED) is 0.376. The Morgan fingerprint density at radius 3 is 1.33 bits per heavy atom. The van der Waals surface area contributed by atoms with Crippen LogP contribution in [-0.4, -0.2) is 11.4 Å². The average Bonchev–Trinajstić information content (AvgIpc) is 3.09. The van der Waals surface area contributed by atoms with E-state index in [4.69, 9.17) is 14.4 Å². The highest BCUT2D eigenvalue weighted by molar-refractivity contribution is 6.15. The monoisotopic (exact) mass is 352 g/mol. The van der Waals surface area contributed by atoms with E-state index in [1.54, 1.807) is 0 Å². The Balaban J connectivity index is 1.82. The van der Waals surface area contributed by atoms with Gasteiger partial charge in [0, 0.05) is 10.8 Å². The van der Waals surface area contributed by atoms with Gasteiger partial charge in [-0.25, -0.2) is 9.98 Å². The van der Waals surface area contributed by atoms with E-state index in [0.717, 1.165) is 45.1 Å². The van der Waals surface area contributed by atoms with Crippen LogP contribution in [0.2, 0.25) is 0 Å². The first-order chi connectivity index (χ1) is 13.2. The van der Waals surface area contributed by atoms with E-state index in [-0.39, 0.29) is 0 Å². The number of hydrogen-bond donors (Lipinski definition) is 0. The standard InChI is InChI=1S/C24H20N2O/c1-17(25-19-11-5-3-6-12-19)23-21-15-9-10-16-22(21)24(27-23)18(2)26-20-13-7-4-8-14-20/h3-16H,1-2H3. The summed E-state index contributed by atoms with van der Waals surface area (Å²) < 4.78 is 6.27. The predicted octanol–water partition coefficient (Wildman–Crippen LogP) is 6.71. The lowest BCUT2D eigenvalue weighted by molar-refractivity contribution is 0.553. The molecule has 3 aromatic carbocycles. The molecular weight excluding hydrogens is 332 g/mol. The Hall–Kier alpha value is -3.46. The van der Waals surface area contributed by atoms with Gasteiger partial charge in [0.1, 0.15) is 0 Å². The van der Waals surface area contributed by atoms with Crippen molar-refractivity contribution in [1.29, 1.82) is 0 Å². The molecule has 0 atom stereocenters. The van der Waals surface area contributed by atoms with E-state index >= 15 is 0 Å². The molecule has 1 aromatic heterocycles. The van der Waals surface area contributed by atoms with Crippen molar-refractivity contribution in [3.63, 3.8) is 0 Å². The van der Waals surface area contributed by atoms with Gasteiger partial charge in [0.15, 0.2) is 11.5 Å². The fourth-order valence-electron chi connectivity index (χ4n) is 3.12. The molecule has 0 fully saturated rings. The summed E-state index contributed by atoms with van der Waals surface area (Å²) in [6, 6.07) is 28.0. The molecule has 4 rings (SSSR count). The SMILES string of the molecule is CC(=Nc1ccccc1)c1oc(C(C)=Nc2ccccc2)c2ccccc12. The number of benzene rings is 3. The molecular formula is C24H20N2O. The highest BCUT2D eigenvalue weighted by atomic mass is 16.3. The van der Waals surface area contributed by atoms with Crippen molar-refractivity contribution in [3.05, 3.63) is 96.4 Å². The molecule has 0 unspecified atom stereocenters. The Morgan fingerprint density at radius 2 is 0.926 bits per heavy atom. The minimum absolute atomic E-state index is 0.784. The smallest absolute Gasteiger partial charge is 0.156 e. The maximum atomic E-state index is 6.27. The lowest BCUT2D eigenvalue weighted by Crippen LogP contribution is -1.94. The molecule has 0 radical (unpaired) electrons. The van der Waals surface area contributed by atoms with Crippen LogP contribution in [0.25, 0.3) is 10.8 Å². The molecule has 0 aliphatic heterocycles. The van der Waals surface area contributed by atoms with Crippen LogP contribution in [0.4, 0.5) is 11.4 Å². The molecule has 27 heavy (non-hydrogen) atoms. The second-order valence-electron chi connectivity index (χ2n) is 6.37. The van der Waals surface area contributed by atoms with Crippen LogP contribution in [0.3, 0.4) is 0 Å². The van der Waals surface area contributed by atoms with Gasteiger partial charge in [0.05, 0.1) is 22.8 Å². The minimum atomic E-state index is 0.784. The summed E-state index contributed by atoms with van der Waals surface area (Å²) in [4.78, 5) is 9.44. The second kappa shape index (κ2) is 7.42. The molecule has 0 N–H and O–H groups in total.